The van der Waals surface area contributed by atoms with Crippen LogP contribution in [-0.4, -0.2) is 9.30 Å². The fourth-order valence-electron chi connectivity index (χ4n) is 1.68. The molecule has 0 N–H and O–H groups in total. The Labute approximate surface area is 115 Å². The monoisotopic (exact) mass is 266 g/mol. The minimum absolute atomic E-state index is 0.151. The van der Waals surface area contributed by atoms with Gasteiger partial charge in [0, 0.05) is 0 Å². The summed E-state index contributed by atoms with van der Waals surface area (Å²) in [6.07, 6.45) is 2.03. The fraction of sp³-hybridized carbons (Fsp3) is 0.625. The Morgan fingerprint density at radius 1 is 0.944 bits per heavy atom. The van der Waals surface area contributed by atoms with Crippen LogP contribution in [0, 0.1) is 0 Å². The third-order valence-electron chi connectivity index (χ3n) is 4.09. The van der Waals surface area contributed by atoms with Crippen molar-refractivity contribution < 1.29 is 4.55 Å². The molecule has 0 aliphatic rings. The van der Waals surface area contributed by atoms with Crippen molar-refractivity contribution in [1.82, 2.24) is 0 Å². The maximum atomic E-state index is 12.4. The highest BCUT2D eigenvalue weighted by Crippen LogP contribution is 2.31. The highest BCUT2D eigenvalue weighted by Gasteiger charge is 2.31. The van der Waals surface area contributed by atoms with E-state index < -0.39 is 11.2 Å². The topological polar surface area (TPSA) is 23.1 Å². The van der Waals surface area contributed by atoms with Gasteiger partial charge < -0.3 is 4.55 Å². The van der Waals surface area contributed by atoms with Crippen LogP contribution in [0.4, 0.5) is 0 Å². The van der Waals surface area contributed by atoms with E-state index in [1.165, 1.54) is 5.56 Å². The molecule has 0 amide bonds. The van der Waals surface area contributed by atoms with Crippen LogP contribution in [0.5, 0.6) is 0 Å². The van der Waals surface area contributed by atoms with Crippen molar-refractivity contribution >= 4 is 11.2 Å². The van der Waals surface area contributed by atoms with Gasteiger partial charge >= 0.3 is 0 Å². The first-order valence-electron chi connectivity index (χ1n) is 6.77. The predicted molar refractivity (Wildman–Crippen MR) is 80.5 cm³/mol. The average Bonchev–Trinajstić information content (AvgIpc) is 2.38. The van der Waals surface area contributed by atoms with E-state index in [-0.39, 0.29) is 10.2 Å². The van der Waals surface area contributed by atoms with Crippen LogP contribution in [0.1, 0.15) is 59.9 Å². The predicted octanol–water partition coefficient (Wildman–Crippen LogP) is 4.67. The lowest BCUT2D eigenvalue weighted by molar-refractivity contribution is 0.505. The molecule has 2 heteroatoms. The maximum Gasteiger partial charge on any atom is 0.153 e. The van der Waals surface area contributed by atoms with E-state index in [0.717, 1.165) is 17.7 Å². The standard InChI is InChI=1S/C16H26OS/c1-7-15(3,4)13-9-11-14(12-10-13)18(17)16(5,6)8-2/h9-12H,7-8H2,1-6H3. The Morgan fingerprint density at radius 3 is 1.83 bits per heavy atom. The molecule has 0 radical (unpaired) electrons. The SMILES string of the molecule is CCC(C)(C)c1ccc([S+]([O-])C(C)(C)CC)cc1. The molecule has 0 aromatic heterocycles. The molecule has 102 valence electrons. The second-order valence-corrected chi connectivity index (χ2v) is 8.26. The van der Waals surface area contributed by atoms with E-state index in [0.29, 0.717) is 0 Å². The first-order valence-corrected chi connectivity index (χ1v) is 7.92. The van der Waals surface area contributed by atoms with Gasteiger partial charge in [0.1, 0.15) is 4.75 Å². The summed E-state index contributed by atoms with van der Waals surface area (Å²) in [7, 11) is 0. The number of hydrogen-bond acceptors (Lipinski definition) is 1. The molecule has 18 heavy (non-hydrogen) atoms. The van der Waals surface area contributed by atoms with E-state index in [1.807, 2.05) is 12.1 Å². The second-order valence-electron chi connectivity index (χ2n) is 6.14. The van der Waals surface area contributed by atoms with Gasteiger partial charge in [0.25, 0.3) is 0 Å². The van der Waals surface area contributed by atoms with Crippen LogP contribution in [-0.2, 0) is 16.6 Å². The third kappa shape index (κ3) is 3.30. The molecule has 0 heterocycles. The zero-order valence-electron chi connectivity index (χ0n) is 12.5. The van der Waals surface area contributed by atoms with Crippen LogP contribution in [0.25, 0.3) is 0 Å². The van der Waals surface area contributed by atoms with Crippen LogP contribution >= 0.6 is 0 Å². The van der Waals surface area contributed by atoms with Crippen molar-refractivity contribution in [3.05, 3.63) is 29.8 Å². The summed E-state index contributed by atoms with van der Waals surface area (Å²) in [6, 6.07) is 8.31. The van der Waals surface area contributed by atoms with Crippen LogP contribution in [0.3, 0.4) is 0 Å². The van der Waals surface area contributed by atoms with E-state index in [2.05, 4.69) is 53.7 Å². The lowest BCUT2D eigenvalue weighted by atomic mass is 9.82. The van der Waals surface area contributed by atoms with Gasteiger partial charge in [0.05, 0.1) is 0 Å². The lowest BCUT2D eigenvalue weighted by Gasteiger charge is -2.28. The molecule has 1 nitrogen and oxygen atoms in total. The summed E-state index contributed by atoms with van der Waals surface area (Å²) in [6.45, 7) is 12.9. The van der Waals surface area contributed by atoms with E-state index in [1.54, 1.807) is 0 Å². The first kappa shape index (κ1) is 15.6. The van der Waals surface area contributed by atoms with E-state index >= 15 is 0 Å². The molecule has 1 aromatic carbocycles. The molecule has 0 saturated heterocycles. The van der Waals surface area contributed by atoms with Crippen LogP contribution in [0.15, 0.2) is 29.2 Å². The smallest absolute Gasteiger partial charge is 0.153 e. The molecule has 1 rings (SSSR count). The Kier molecular flexibility index (Phi) is 4.90. The molecule has 0 aliphatic carbocycles. The Bertz CT molecular complexity index is 379. The minimum atomic E-state index is -0.931. The highest BCUT2D eigenvalue weighted by atomic mass is 32.2. The molecule has 0 bridgehead atoms. The highest BCUT2D eigenvalue weighted by molar-refractivity contribution is 7.92. The Balaban J connectivity index is 2.97. The van der Waals surface area contributed by atoms with Crippen molar-refractivity contribution in [2.24, 2.45) is 0 Å². The molecule has 1 atom stereocenters. The minimum Gasteiger partial charge on any atom is -0.611 e. The van der Waals surface area contributed by atoms with Gasteiger partial charge in [-0.3, -0.25) is 0 Å². The summed E-state index contributed by atoms with van der Waals surface area (Å²) in [5.41, 5.74) is 1.51. The summed E-state index contributed by atoms with van der Waals surface area (Å²) < 4.78 is 12.3. The molecule has 0 aliphatic heterocycles. The third-order valence-corrected chi connectivity index (χ3v) is 6.08. The lowest BCUT2D eigenvalue weighted by Crippen LogP contribution is -2.31. The van der Waals surface area contributed by atoms with Crippen molar-refractivity contribution in [2.45, 2.75) is 69.4 Å². The van der Waals surface area contributed by atoms with Crippen molar-refractivity contribution in [1.29, 1.82) is 0 Å². The van der Waals surface area contributed by atoms with Gasteiger partial charge in [0.2, 0.25) is 0 Å². The molecule has 1 aromatic rings. The van der Waals surface area contributed by atoms with Crippen LogP contribution < -0.4 is 0 Å². The average molecular weight is 266 g/mol. The molecule has 1 unspecified atom stereocenters. The molecule has 0 saturated carbocycles. The molecule has 0 spiro atoms. The first-order chi connectivity index (χ1) is 8.24. The molecular weight excluding hydrogens is 240 g/mol. The summed E-state index contributed by atoms with van der Waals surface area (Å²) in [5, 5.41) is 0. The fourth-order valence-corrected chi connectivity index (χ4v) is 2.97. The summed E-state index contributed by atoms with van der Waals surface area (Å²) in [5.74, 6) is 0. The zero-order chi connectivity index (χ0) is 14.0. The summed E-state index contributed by atoms with van der Waals surface area (Å²) in [4.78, 5) is 0.942. The molecular formula is C16H26OS. The zero-order valence-corrected chi connectivity index (χ0v) is 13.4. The van der Waals surface area contributed by atoms with Crippen LogP contribution in [0.2, 0.25) is 0 Å². The Hall–Kier alpha value is -0.470. The largest absolute Gasteiger partial charge is 0.611 e. The quantitative estimate of drug-likeness (QED) is 0.710. The maximum absolute atomic E-state index is 12.4. The van der Waals surface area contributed by atoms with E-state index in [9.17, 15) is 4.55 Å². The molecule has 0 fully saturated rings. The second kappa shape index (κ2) is 5.66. The van der Waals surface area contributed by atoms with Gasteiger partial charge in [-0.05, 0) is 61.0 Å². The number of rotatable bonds is 5. The van der Waals surface area contributed by atoms with E-state index in [4.69, 9.17) is 0 Å². The normalized spacial score (nSPS) is 14.6. The van der Waals surface area contributed by atoms with Gasteiger partial charge in [-0.25, -0.2) is 0 Å². The number of hydrogen-bond donors (Lipinski definition) is 0. The van der Waals surface area contributed by atoms with Crippen molar-refractivity contribution in [3.63, 3.8) is 0 Å². The summed E-state index contributed by atoms with van der Waals surface area (Å²) >= 11 is -0.931. The van der Waals surface area contributed by atoms with Crippen molar-refractivity contribution in [2.75, 3.05) is 0 Å². The van der Waals surface area contributed by atoms with Crippen molar-refractivity contribution in [3.8, 4) is 0 Å². The van der Waals surface area contributed by atoms with Gasteiger partial charge in [-0.1, -0.05) is 39.8 Å². The van der Waals surface area contributed by atoms with Gasteiger partial charge in [0.15, 0.2) is 4.90 Å². The number of benzene rings is 1. The van der Waals surface area contributed by atoms with Gasteiger partial charge in [-0.15, -0.1) is 0 Å². The Morgan fingerprint density at radius 2 is 1.44 bits per heavy atom. The van der Waals surface area contributed by atoms with Gasteiger partial charge in [-0.2, -0.15) is 0 Å².